The van der Waals surface area contributed by atoms with Gasteiger partial charge in [0.1, 0.15) is 5.75 Å². The molecule has 3 rings (SSSR count). The van der Waals surface area contributed by atoms with Crippen LogP contribution >= 0.6 is 11.8 Å². The van der Waals surface area contributed by atoms with Crippen molar-refractivity contribution in [1.82, 2.24) is 14.9 Å². The number of methoxy groups -OCH3 is 3. The predicted octanol–water partition coefficient (Wildman–Crippen LogP) is 2.19. The van der Waals surface area contributed by atoms with Crippen molar-refractivity contribution in [2.24, 2.45) is 5.10 Å². The summed E-state index contributed by atoms with van der Waals surface area (Å²) in [5.74, 6) is 7.87. The SMILES string of the molecule is COc1cccc(/C=N/Nc2nnc(SCC(=O)Nc3ccc(OC)c(OC)c3)n2N)c1. The summed E-state index contributed by atoms with van der Waals surface area (Å²) >= 11 is 1.14. The van der Waals surface area contributed by atoms with Gasteiger partial charge in [0.15, 0.2) is 11.5 Å². The van der Waals surface area contributed by atoms with Gasteiger partial charge in [-0.05, 0) is 29.8 Å². The summed E-state index contributed by atoms with van der Waals surface area (Å²) in [6.45, 7) is 0. The van der Waals surface area contributed by atoms with Gasteiger partial charge in [0.05, 0.1) is 33.3 Å². The van der Waals surface area contributed by atoms with Crippen molar-refractivity contribution in [3.8, 4) is 17.2 Å². The lowest BCUT2D eigenvalue weighted by molar-refractivity contribution is -0.113. The second-order valence-corrected chi connectivity index (χ2v) is 7.17. The van der Waals surface area contributed by atoms with Crippen molar-refractivity contribution in [1.29, 1.82) is 0 Å². The van der Waals surface area contributed by atoms with Gasteiger partial charge in [0, 0.05) is 11.8 Å². The Balaban J connectivity index is 1.54. The third-order valence-electron chi connectivity index (χ3n) is 4.14. The van der Waals surface area contributed by atoms with Gasteiger partial charge in [0.2, 0.25) is 11.1 Å². The van der Waals surface area contributed by atoms with Crippen LogP contribution in [0.15, 0.2) is 52.7 Å². The molecule has 3 aromatic rings. The lowest BCUT2D eigenvalue weighted by Crippen LogP contribution is -2.17. The zero-order chi connectivity index (χ0) is 22.9. The number of carbonyl (C=O) groups excluding carboxylic acids is 1. The lowest BCUT2D eigenvalue weighted by Gasteiger charge is -2.10. The third-order valence-corrected chi connectivity index (χ3v) is 5.08. The maximum atomic E-state index is 12.3. The Hall–Kier alpha value is -3.93. The number of nitrogen functional groups attached to an aromatic ring is 1. The summed E-state index contributed by atoms with van der Waals surface area (Å²) in [6.07, 6.45) is 1.60. The van der Waals surface area contributed by atoms with Crippen LogP contribution in [0.4, 0.5) is 11.6 Å². The number of benzene rings is 2. The number of hydrazone groups is 1. The molecule has 1 aromatic heterocycles. The number of carbonyl (C=O) groups is 1. The number of ether oxygens (including phenoxy) is 3. The largest absolute Gasteiger partial charge is 0.497 e. The number of nitrogens with two attached hydrogens (primary N) is 1. The minimum absolute atomic E-state index is 0.0801. The standard InChI is InChI=1S/C20H23N7O4S/c1-29-15-6-4-5-13(9-15)11-22-24-19-25-26-20(27(19)21)32-12-18(28)23-14-7-8-16(30-2)17(10-14)31-3/h4-11H,12,21H2,1-3H3,(H,23,28)(H,24,25)/b22-11+. The first-order valence-electron chi connectivity index (χ1n) is 9.32. The average molecular weight is 458 g/mol. The number of hydrogen-bond acceptors (Lipinski definition) is 10. The highest BCUT2D eigenvalue weighted by atomic mass is 32.2. The molecule has 0 fully saturated rings. The van der Waals surface area contributed by atoms with Crippen molar-refractivity contribution < 1.29 is 19.0 Å². The summed E-state index contributed by atoms with van der Waals surface area (Å²) in [5.41, 5.74) is 4.14. The van der Waals surface area contributed by atoms with E-state index in [0.717, 1.165) is 23.1 Å². The first-order valence-corrected chi connectivity index (χ1v) is 10.3. The van der Waals surface area contributed by atoms with E-state index in [0.29, 0.717) is 22.3 Å². The molecule has 2 aromatic carbocycles. The van der Waals surface area contributed by atoms with E-state index in [1.807, 2.05) is 24.3 Å². The van der Waals surface area contributed by atoms with Crippen LogP contribution in [0.5, 0.6) is 17.2 Å². The van der Waals surface area contributed by atoms with E-state index in [1.54, 1.807) is 38.6 Å². The summed E-state index contributed by atoms with van der Waals surface area (Å²) in [7, 11) is 4.67. The molecule has 0 aliphatic rings. The van der Waals surface area contributed by atoms with E-state index in [4.69, 9.17) is 20.1 Å². The number of aromatic nitrogens is 3. The minimum Gasteiger partial charge on any atom is -0.497 e. The van der Waals surface area contributed by atoms with Crippen LogP contribution in [-0.2, 0) is 4.79 Å². The molecule has 0 aliphatic heterocycles. The highest BCUT2D eigenvalue weighted by molar-refractivity contribution is 7.99. The fourth-order valence-electron chi connectivity index (χ4n) is 2.58. The molecule has 4 N–H and O–H groups in total. The quantitative estimate of drug-likeness (QED) is 0.181. The van der Waals surface area contributed by atoms with Crippen LogP contribution in [-0.4, -0.2) is 54.1 Å². The molecule has 0 aliphatic carbocycles. The molecule has 12 heteroatoms. The average Bonchev–Trinajstić information content (AvgIpc) is 3.17. The number of nitrogens with one attached hydrogen (secondary N) is 2. The van der Waals surface area contributed by atoms with Gasteiger partial charge in [0.25, 0.3) is 5.95 Å². The van der Waals surface area contributed by atoms with Gasteiger partial charge in [-0.15, -0.1) is 10.2 Å². The van der Waals surface area contributed by atoms with Crippen molar-refractivity contribution >= 4 is 35.5 Å². The van der Waals surface area contributed by atoms with E-state index in [2.05, 4.69) is 26.0 Å². The summed E-state index contributed by atoms with van der Waals surface area (Å²) in [4.78, 5) is 12.3. The van der Waals surface area contributed by atoms with Crippen LogP contribution in [0.3, 0.4) is 0 Å². The summed E-state index contributed by atoms with van der Waals surface area (Å²) in [6, 6.07) is 12.5. The first-order chi connectivity index (χ1) is 15.5. The molecule has 0 spiro atoms. The zero-order valence-corrected chi connectivity index (χ0v) is 18.5. The van der Waals surface area contributed by atoms with E-state index < -0.39 is 0 Å². The van der Waals surface area contributed by atoms with Gasteiger partial charge in [-0.25, -0.2) is 10.1 Å². The van der Waals surface area contributed by atoms with Gasteiger partial charge in [-0.2, -0.15) is 5.10 Å². The molecule has 0 unspecified atom stereocenters. The Kier molecular flexibility index (Phi) is 7.75. The van der Waals surface area contributed by atoms with Crippen LogP contribution < -0.4 is 30.8 Å². The molecule has 11 nitrogen and oxygen atoms in total. The summed E-state index contributed by atoms with van der Waals surface area (Å²) < 4.78 is 16.8. The topological polar surface area (TPSA) is 138 Å². The van der Waals surface area contributed by atoms with Crippen LogP contribution in [0, 0.1) is 0 Å². The number of hydrogen-bond donors (Lipinski definition) is 3. The second kappa shape index (κ2) is 10.9. The molecule has 0 bridgehead atoms. The number of amides is 1. The molecule has 1 amide bonds. The minimum atomic E-state index is -0.240. The maximum absolute atomic E-state index is 12.3. The fourth-order valence-corrected chi connectivity index (χ4v) is 3.24. The van der Waals surface area contributed by atoms with Crippen molar-refractivity contribution in [2.75, 3.05) is 43.7 Å². The molecule has 168 valence electrons. The molecular weight excluding hydrogens is 434 g/mol. The molecule has 0 saturated heterocycles. The number of rotatable bonds is 10. The smallest absolute Gasteiger partial charge is 0.264 e. The predicted molar refractivity (Wildman–Crippen MR) is 123 cm³/mol. The lowest BCUT2D eigenvalue weighted by atomic mass is 10.2. The highest BCUT2D eigenvalue weighted by Crippen LogP contribution is 2.29. The Labute approximate surface area is 188 Å². The Bertz CT molecular complexity index is 1100. The van der Waals surface area contributed by atoms with Crippen LogP contribution in [0.1, 0.15) is 5.56 Å². The van der Waals surface area contributed by atoms with Crippen LogP contribution in [0.25, 0.3) is 0 Å². The van der Waals surface area contributed by atoms with Gasteiger partial charge in [-0.1, -0.05) is 23.9 Å². The maximum Gasteiger partial charge on any atom is 0.264 e. The third kappa shape index (κ3) is 5.82. The Morgan fingerprint density at radius 3 is 2.69 bits per heavy atom. The van der Waals surface area contributed by atoms with Crippen molar-refractivity contribution in [3.05, 3.63) is 48.0 Å². The Morgan fingerprint density at radius 1 is 1.12 bits per heavy atom. The van der Waals surface area contributed by atoms with E-state index in [1.165, 1.54) is 11.8 Å². The monoisotopic (exact) mass is 457 g/mol. The van der Waals surface area contributed by atoms with E-state index in [9.17, 15) is 4.79 Å². The molecular formula is C20H23N7O4S. The van der Waals surface area contributed by atoms with E-state index in [-0.39, 0.29) is 17.6 Å². The number of thioether (sulfide) groups is 1. The summed E-state index contributed by atoms with van der Waals surface area (Å²) in [5, 5.41) is 15.2. The number of anilines is 2. The van der Waals surface area contributed by atoms with Crippen molar-refractivity contribution in [2.45, 2.75) is 5.16 Å². The molecule has 32 heavy (non-hydrogen) atoms. The van der Waals surface area contributed by atoms with Gasteiger partial charge < -0.3 is 25.4 Å². The molecule has 0 radical (unpaired) electrons. The number of nitrogens with zero attached hydrogens (tertiary/aromatic N) is 4. The van der Waals surface area contributed by atoms with Crippen LogP contribution in [0.2, 0.25) is 0 Å². The Morgan fingerprint density at radius 2 is 1.94 bits per heavy atom. The van der Waals surface area contributed by atoms with Crippen molar-refractivity contribution in [3.63, 3.8) is 0 Å². The molecule has 1 heterocycles. The first kappa shape index (κ1) is 22.7. The molecule has 0 atom stereocenters. The van der Waals surface area contributed by atoms with Gasteiger partial charge >= 0.3 is 0 Å². The second-order valence-electron chi connectivity index (χ2n) is 6.23. The van der Waals surface area contributed by atoms with E-state index >= 15 is 0 Å². The normalized spacial score (nSPS) is 10.7. The zero-order valence-electron chi connectivity index (χ0n) is 17.7. The molecule has 0 saturated carbocycles. The highest BCUT2D eigenvalue weighted by Gasteiger charge is 2.13. The fraction of sp³-hybridized carbons (Fsp3) is 0.200. The van der Waals surface area contributed by atoms with Gasteiger partial charge in [-0.3, -0.25) is 4.79 Å².